The van der Waals surface area contributed by atoms with Gasteiger partial charge in [0.1, 0.15) is 11.3 Å². The molecule has 30 heavy (non-hydrogen) atoms. The summed E-state index contributed by atoms with van der Waals surface area (Å²) in [5.74, 6) is 0.00472. The maximum atomic E-state index is 12.0. The molecule has 0 atom stereocenters. The molecule has 2 aliphatic rings. The van der Waals surface area contributed by atoms with Crippen molar-refractivity contribution in [3.8, 4) is 16.9 Å². The molecule has 2 N–H and O–H groups in total. The Kier molecular flexibility index (Phi) is 5.97. The normalized spacial score (nSPS) is 18.1. The Bertz CT molecular complexity index is 916. The Hall–Kier alpha value is -2.57. The number of hydrogen-bond donors (Lipinski definition) is 2. The second-order valence-corrected chi connectivity index (χ2v) is 8.14. The molecule has 0 bridgehead atoms. The molecular weight excluding hydrogens is 382 g/mol. The topological polar surface area (TPSA) is 77.0 Å². The van der Waals surface area contributed by atoms with Crippen molar-refractivity contribution < 1.29 is 24.1 Å². The summed E-state index contributed by atoms with van der Waals surface area (Å²) in [6, 6.07) is 12.0. The molecule has 6 nitrogen and oxygen atoms in total. The third-order valence-electron chi connectivity index (χ3n) is 6.04. The summed E-state index contributed by atoms with van der Waals surface area (Å²) in [7, 11) is 1.68. The number of hydrogen-bond acceptors (Lipinski definition) is 5. The Balaban J connectivity index is 1.68. The van der Waals surface area contributed by atoms with E-state index in [9.17, 15) is 9.90 Å². The Morgan fingerprint density at radius 3 is 2.63 bits per heavy atom. The average Bonchev–Trinajstić information content (AvgIpc) is 3.58. The molecule has 1 aliphatic carbocycles. The van der Waals surface area contributed by atoms with E-state index in [4.69, 9.17) is 14.2 Å². The van der Waals surface area contributed by atoms with Crippen LogP contribution in [0.4, 0.5) is 5.69 Å². The lowest BCUT2D eigenvalue weighted by Gasteiger charge is -2.35. The number of carboxylic acids is 1. The summed E-state index contributed by atoms with van der Waals surface area (Å²) >= 11 is 0. The van der Waals surface area contributed by atoms with E-state index >= 15 is 0 Å². The molecule has 1 heterocycles. The minimum Gasteiger partial charge on any atom is -0.496 e. The highest BCUT2D eigenvalue weighted by atomic mass is 16.5. The van der Waals surface area contributed by atoms with E-state index in [0.717, 1.165) is 46.5 Å². The van der Waals surface area contributed by atoms with Gasteiger partial charge in [-0.1, -0.05) is 18.2 Å². The van der Waals surface area contributed by atoms with Gasteiger partial charge < -0.3 is 24.6 Å². The number of ether oxygens (including phenoxy) is 3. The van der Waals surface area contributed by atoms with E-state index in [1.807, 2.05) is 37.3 Å². The number of aliphatic carboxylic acids is 1. The summed E-state index contributed by atoms with van der Waals surface area (Å²) in [5.41, 5.74) is 4.07. The molecule has 1 saturated heterocycles. The molecule has 2 aromatic carbocycles. The number of anilines is 1. The molecule has 0 radical (unpaired) electrons. The fourth-order valence-corrected chi connectivity index (χ4v) is 4.01. The predicted octanol–water partition coefficient (Wildman–Crippen LogP) is 4.40. The first-order chi connectivity index (χ1) is 14.5. The van der Waals surface area contributed by atoms with Crippen LogP contribution in [0.1, 0.15) is 36.8 Å². The van der Waals surface area contributed by atoms with E-state index in [1.165, 1.54) is 0 Å². The van der Waals surface area contributed by atoms with Gasteiger partial charge in [-0.25, -0.2) is 4.79 Å². The zero-order chi connectivity index (χ0) is 21.1. The Morgan fingerprint density at radius 2 is 1.97 bits per heavy atom. The quantitative estimate of drug-likeness (QED) is 0.671. The zero-order valence-electron chi connectivity index (χ0n) is 17.6. The highest BCUT2D eigenvalue weighted by Crippen LogP contribution is 2.36. The monoisotopic (exact) mass is 411 g/mol. The van der Waals surface area contributed by atoms with Gasteiger partial charge in [0.15, 0.2) is 0 Å². The predicted molar refractivity (Wildman–Crippen MR) is 115 cm³/mol. The number of carbonyl (C=O) groups is 1. The maximum Gasteiger partial charge on any atom is 0.329 e. The van der Waals surface area contributed by atoms with Crippen LogP contribution in [-0.4, -0.2) is 43.0 Å². The van der Waals surface area contributed by atoms with Crippen LogP contribution >= 0.6 is 0 Å². The number of methoxy groups -OCH3 is 1. The molecule has 0 amide bonds. The van der Waals surface area contributed by atoms with Crippen molar-refractivity contribution in [2.24, 2.45) is 0 Å². The number of benzene rings is 2. The van der Waals surface area contributed by atoms with Crippen LogP contribution in [0, 0.1) is 6.92 Å². The fourth-order valence-electron chi connectivity index (χ4n) is 4.01. The van der Waals surface area contributed by atoms with Crippen molar-refractivity contribution in [3.05, 3.63) is 47.5 Å². The van der Waals surface area contributed by atoms with Crippen LogP contribution < -0.4 is 10.1 Å². The van der Waals surface area contributed by atoms with Gasteiger partial charge in [-0.05, 0) is 60.2 Å². The number of nitrogens with one attached hydrogen (secondary N) is 1. The van der Waals surface area contributed by atoms with Crippen molar-refractivity contribution in [1.82, 2.24) is 0 Å². The van der Waals surface area contributed by atoms with Crippen molar-refractivity contribution in [2.75, 3.05) is 25.6 Å². The number of carboxylic acid groups (broad SMARTS) is 1. The van der Waals surface area contributed by atoms with Gasteiger partial charge in [0.05, 0.1) is 19.8 Å². The van der Waals surface area contributed by atoms with Crippen LogP contribution in [0.15, 0.2) is 36.4 Å². The molecule has 2 fully saturated rings. The van der Waals surface area contributed by atoms with Crippen molar-refractivity contribution in [2.45, 2.75) is 50.9 Å². The summed E-state index contributed by atoms with van der Waals surface area (Å²) in [5, 5.41) is 13.2. The van der Waals surface area contributed by atoms with E-state index in [1.54, 1.807) is 7.11 Å². The lowest BCUT2D eigenvalue weighted by atomic mass is 9.89. The molecule has 1 saturated carbocycles. The largest absolute Gasteiger partial charge is 0.496 e. The average molecular weight is 411 g/mol. The molecule has 4 rings (SSSR count). The van der Waals surface area contributed by atoms with E-state index < -0.39 is 11.5 Å². The number of rotatable bonds is 8. The van der Waals surface area contributed by atoms with Crippen molar-refractivity contribution in [1.29, 1.82) is 0 Å². The van der Waals surface area contributed by atoms with Crippen LogP contribution in [0.2, 0.25) is 0 Å². The van der Waals surface area contributed by atoms with Crippen molar-refractivity contribution >= 4 is 11.7 Å². The molecule has 160 valence electrons. The first-order valence-electron chi connectivity index (χ1n) is 10.5. The van der Waals surface area contributed by atoms with Crippen LogP contribution in [0.5, 0.6) is 5.75 Å². The minimum atomic E-state index is -1.000. The third-order valence-corrected chi connectivity index (χ3v) is 6.04. The molecule has 0 aromatic heterocycles. The molecule has 0 unspecified atom stereocenters. The maximum absolute atomic E-state index is 12.0. The SMILES string of the molecule is COc1cccc(-c2ccc(NC3(C(=O)O)CCOCC3)cc2COC2CC2)c1C. The van der Waals surface area contributed by atoms with Gasteiger partial charge in [0.25, 0.3) is 0 Å². The smallest absolute Gasteiger partial charge is 0.329 e. The molecular formula is C24H29NO5. The third kappa shape index (κ3) is 4.30. The lowest BCUT2D eigenvalue weighted by Crippen LogP contribution is -2.50. The zero-order valence-corrected chi connectivity index (χ0v) is 17.6. The summed E-state index contributed by atoms with van der Waals surface area (Å²) < 4.78 is 16.9. The second-order valence-electron chi connectivity index (χ2n) is 8.14. The van der Waals surface area contributed by atoms with Crippen LogP contribution in [0.25, 0.3) is 11.1 Å². The van der Waals surface area contributed by atoms with Crippen molar-refractivity contribution in [3.63, 3.8) is 0 Å². The fraction of sp³-hybridized carbons (Fsp3) is 0.458. The summed E-state index contributed by atoms with van der Waals surface area (Å²) in [4.78, 5) is 12.0. The van der Waals surface area contributed by atoms with Crippen LogP contribution in [0.3, 0.4) is 0 Å². The van der Waals surface area contributed by atoms with E-state index in [-0.39, 0.29) is 0 Å². The molecule has 6 heteroatoms. The van der Waals surface area contributed by atoms with Gasteiger partial charge in [-0.3, -0.25) is 0 Å². The van der Waals surface area contributed by atoms with Gasteiger partial charge in [-0.2, -0.15) is 0 Å². The molecule has 2 aromatic rings. The minimum absolute atomic E-state index is 0.335. The first-order valence-corrected chi connectivity index (χ1v) is 10.5. The summed E-state index contributed by atoms with van der Waals surface area (Å²) in [6.07, 6.45) is 3.42. The summed E-state index contributed by atoms with van der Waals surface area (Å²) in [6.45, 7) is 3.43. The van der Waals surface area contributed by atoms with E-state index in [0.29, 0.717) is 38.8 Å². The highest BCUT2D eigenvalue weighted by Gasteiger charge is 2.40. The van der Waals surface area contributed by atoms with Gasteiger partial charge in [0, 0.05) is 31.7 Å². The van der Waals surface area contributed by atoms with Gasteiger partial charge in [-0.15, -0.1) is 0 Å². The standard InChI is InChI=1S/C24H29NO5/c1-16-20(4-3-5-22(16)28-2)21-9-6-18(14-17(21)15-30-19-7-8-19)25-24(23(26)27)10-12-29-13-11-24/h3-6,9,14,19,25H,7-8,10-13,15H2,1-2H3,(H,26,27). The Morgan fingerprint density at radius 1 is 1.20 bits per heavy atom. The Labute approximate surface area is 177 Å². The van der Waals surface area contributed by atoms with Gasteiger partial charge >= 0.3 is 5.97 Å². The van der Waals surface area contributed by atoms with E-state index in [2.05, 4.69) is 11.4 Å². The van der Waals surface area contributed by atoms with Crippen LogP contribution in [-0.2, 0) is 20.9 Å². The molecule has 1 aliphatic heterocycles. The highest BCUT2D eigenvalue weighted by molar-refractivity contribution is 5.83. The second kappa shape index (κ2) is 8.66. The van der Waals surface area contributed by atoms with Gasteiger partial charge in [0.2, 0.25) is 0 Å². The molecule has 0 spiro atoms. The first kappa shape index (κ1) is 20.7. The lowest BCUT2D eigenvalue weighted by molar-refractivity contribution is -0.145.